The van der Waals surface area contributed by atoms with E-state index in [-0.39, 0.29) is 5.41 Å². The van der Waals surface area contributed by atoms with E-state index in [1.54, 1.807) is 6.33 Å². The molecule has 0 N–H and O–H groups in total. The van der Waals surface area contributed by atoms with Crippen molar-refractivity contribution in [2.24, 2.45) is 12.5 Å². The topological polar surface area (TPSA) is 79.6 Å². The molecule has 9 nitrogen and oxygen atoms in total. The van der Waals surface area contributed by atoms with E-state index in [1.807, 2.05) is 17.8 Å². The largest absolute Gasteiger partial charge is 0.379 e. The molecule has 3 fully saturated rings. The quantitative estimate of drug-likeness (QED) is 0.740. The highest BCUT2D eigenvalue weighted by atomic mass is 16.5. The van der Waals surface area contributed by atoms with Crippen molar-refractivity contribution in [3.8, 4) is 0 Å². The van der Waals surface area contributed by atoms with Crippen LogP contribution in [0.2, 0.25) is 0 Å². The minimum absolute atomic E-state index is 0.270. The van der Waals surface area contributed by atoms with Crippen LogP contribution in [0.1, 0.15) is 12.8 Å². The molecule has 3 aliphatic rings. The zero-order chi connectivity index (χ0) is 19.1. The summed E-state index contributed by atoms with van der Waals surface area (Å²) < 4.78 is 7.32. The second-order valence-electron chi connectivity index (χ2n) is 8.18. The number of imidazole rings is 1. The summed E-state index contributed by atoms with van der Waals surface area (Å²) in [6.07, 6.45) is 5.38. The van der Waals surface area contributed by atoms with E-state index in [2.05, 4.69) is 29.7 Å². The second-order valence-corrected chi connectivity index (χ2v) is 8.18. The van der Waals surface area contributed by atoms with Gasteiger partial charge in [0.25, 0.3) is 0 Å². The maximum absolute atomic E-state index is 13.2. The smallest absolute Gasteiger partial charge is 0.230 e. The lowest BCUT2D eigenvalue weighted by Crippen LogP contribution is -2.43. The number of ether oxygens (including phenoxy) is 1. The van der Waals surface area contributed by atoms with Gasteiger partial charge in [-0.25, -0.2) is 9.97 Å². The van der Waals surface area contributed by atoms with Gasteiger partial charge in [0.1, 0.15) is 5.52 Å². The highest BCUT2D eigenvalue weighted by molar-refractivity contribution is 5.86. The maximum atomic E-state index is 13.2. The van der Waals surface area contributed by atoms with Crippen molar-refractivity contribution < 1.29 is 9.53 Å². The van der Waals surface area contributed by atoms with Gasteiger partial charge in [0.05, 0.1) is 31.2 Å². The van der Waals surface area contributed by atoms with Gasteiger partial charge in [-0.05, 0) is 12.8 Å². The van der Waals surface area contributed by atoms with E-state index < -0.39 is 0 Å². The van der Waals surface area contributed by atoms with Crippen LogP contribution in [0.25, 0.3) is 11.2 Å². The van der Waals surface area contributed by atoms with Gasteiger partial charge in [-0.2, -0.15) is 4.98 Å². The molecule has 0 aliphatic carbocycles. The van der Waals surface area contributed by atoms with Crippen molar-refractivity contribution in [1.82, 2.24) is 29.3 Å². The minimum Gasteiger partial charge on any atom is -0.379 e. The van der Waals surface area contributed by atoms with Crippen LogP contribution in [0.15, 0.2) is 12.5 Å². The van der Waals surface area contributed by atoms with Gasteiger partial charge in [-0.15, -0.1) is 0 Å². The van der Waals surface area contributed by atoms with Gasteiger partial charge < -0.3 is 19.1 Å². The van der Waals surface area contributed by atoms with Crippen molar-refractivity contribution in [3.05, 3.63) is 12.5 Å². The Kier molecular flexibility index (Phi) is 4.43. The molecule has 1 amide bonds. The highest BCUT2D eigenvalue weighted by Crippen LogP contribution is 2.41. The number of likely N-dealkylation sites (tertiary alicyclic amines) is 1. The number of carbonyl (C=O) groups is 1. The van der Waals surface area contributed by atoms with Gasteiger partial charge >= 0.3 is 0 Å². The van der Waals surface area contributed by atoms with Crippen LogP contribution in [0.4, 0.5) is 5.95 Å². The number of amides is 1. The molecule has 5 heterocycles. The van der Waals surface area contributed by atoms with E-state index in [0.717, 1.165) is 70.8 Å². The van der Waals surface area contributed by atoms with Gasteiger partial charge in [0.2, 0.25) is 11.9 Å². The Labute approximate surface area is 164 Å². The molecule has 9 heteroatoms. The molecule has 1 atom stereocenters. The van der Waals surface area contributed by atoms with Gasteiger partial charge in [-0.3, -0.25) is 9.69 Å². The van der Waals surface area contributed by atoms with E-state index in [9.17, 15) is 4.79 Å². The molecule has 3 saturated heterocycles. The molecular formula is C19H27N7O2. The Morgan fingerprint density at radius 2 is 1.93 bits per heavy atom. The molecule has 5 rings (SSSR count). The molecule has 0 aromatic carbocycles. The summed E-state index contributed by atoms with van der Waals surface area (Å²) in [7, 11) is 1.94. The predicted molar refractivity (Wildman–Crippen MR) is 104 cm³/mol. The molecule has 2 aromatic rings. The first kappa shape index (κ1) is 17.8. The van der Waals surface area contributed by atoms with Crippen molar-refractivity contribution >= 4 is 23.0 Å². The molecule has 150 valence electrons. The summed E-state index contributed by atoms with van der Waals surface area (Å²) in [5.41, 5.74) is 1.36. The number of fused-ring (bicyclic) bond motifs is 1. The number of nitrogens with zero attached hydrogens (tertiary/aromatic N) is 7. The predicted octanol–water partition coefficient (Wildman–Crippen LogP) is 0.124. The number of aryl methyl sites for hydroxylation is 1. The Hall–Kier alpha value is -2.26. The van der Waals surface area contributed by atoms with Crippen molar-refractivity contribution in [3.63, 3.8) is 0 Å². The Bertz CT molecular complexity index is 878. The molecule has 28 heavy (non-hydrogen) atoms. The highest BCUT2D eigenvalue weighted by Gasteiger charge is 2.51. The minimum atomic E-state index is -0.270. The van der Waals surface area contributed by atoms with E-state index in [0.29, 0.717) is 24.0 Å². The fourth-order valence-electron chi connectivity index (χ4n) is 4.67. The van der Waals surface area contributed by atoms with Crippen LogP contribution in [0.3, 0.4) is 0 Å². The first-order valence-electron chi connectivity index (χ1n) is 10.1. The Morgan fingerprint density at radius 3 is 2.79 bits per heavy atom. The molecular weight excluding hydrogens is 358 g/mol. The lowest BCUT2D eigenvalue weighted by atomic mass is 9.85. The zero-order valence-corrected chi connectivity index (χ0v) is 16.4. The molecule has 1 spiro atoms. The van der Waals surface area contributed by atoms with Crippen molar-refractivity contribution in [1.29, 1.82) is 0 Å². The third kappa shape index (κ3) is 3.02. The van der Waals surface area contributed by atoms with Crippen LogP contribution in [-0.4, -0.2) is 94.3 Å². The third-order valence-electron chi connectivity index (χ3n) is 6.50. The molecule has 0 saturated carbocycles. The summed E-state index contributed by atoms with van der Waals surface area (Å²) >= 11 is 0. The Balaban J connectivity index is 1.24. The second kappa shape index (κ2) is 6.97. The summed E-state index contributed by atoms with van der Waals surface area (Å²) in [5, 5.41) is 0. The molecule has 0 radical (unpaired) electrons. The fourth-order valence-corrected chi connectivity index (χ4v) is 4.67. The summed E-state index contributed by atoms with van der Waals surface area (Å²) in [6.45, 7) is 7.67. The van der Waals surface area contributed by atoms with E-state index in [1.165, 1.54) is 0 Å². The summed E-state index contributed by atoms with van der Waals surface area (Å²) in [6, 6.07) is 0. The van der Waals surface area contributed by atoms with Crippen LogP contribution in [0.5, 0.6) is 0 Å². The van der Waals surface area contributed by atoms with Gasteiger partial charge in [-0.1, -0.05) is 0 Å². The fraction of sp³-hybridized carbons (Fsp3) is 0.684. The van der Waals surface area contributed by atoms with Crippen LogP contribution in [-0.2, 0) is 16.6 Å². The first-order chi connectivity index (χ1) is 13.6. The molecule has 3 aliphatic heterocycles. The van der Waals surface area contributed by atoms with Crippen LogP contribution < -0.4 is 4.90 Å². The van der Waals surface area contributed by atoms with E-state index in [4.69, 9.17) is 4.74 Å². The van der Waals surface area contributed by atoms with Crippen LogP contribution in [0, 0.1) is 5.41 Å². The average molecular weight is 385 g/mol. The summed E-state index contributed by atoms with van der Waals surface area (Å²) in [5.74, 6) is 0.991. The summed E-state index contributed by atoms with van der Waals surface area (Å²) in [4.78, 5) is 33.3. The molecule has 1 unspecified atom stereocenters. The lowest BCUT2D eigenvalue weighted by molar-refractivity contribution is -0.135. The molecule has 0 bridgehead atoms. The number of rotatable bonds is 4. The Morgan fingerprint density at radius 1 is 1.11 bits per heavy atom. The van der Waals surface area contributed by atoms with Crippen molar-refractivity contribution in [2.75, 3.05) is 63.9 Å². The number of anilines is 1. The monoisotopic (exact) mass is 385 g/mol. The number of hydrogen-bond acceptors (Lipinski definition) is 7. The van der Waals surface area contributed by atoms with Gasteiger partial charge in [0, 0.05) is 52.9 Å². The number of morpholine rings is 1. The zero-order valence-electron chi connectivity index (χ0n) is 16.4. The number of hydrogen-bond donors (Lipinski definition) is 0. The normalized spacial score (nSPS) is 26.2. The number of carbonyl (C=O) groups excluding carboxylic acids is 1. The maximum Gasteiger partial charge on any atom is 0.230 e. The first-order valence-corrected chi connectivity index (χ1v) is 10.1. The third-order valence-corrected chi connectivity index (χ3v) is 6.50. The molecule has 2 aromatic heterocycles. The van der Waals surface area contributed by atoms with E-state index >= 15 is 0 Å². The number of aromatic nitrogens is 4. The van der Waals surface area contributed by atoms with Crippen molar-refractivity contribution in [2.45, 2.75) is 12.8 Å². The van der Waals surface area contributed by atoms with Gasteiger partial charge in [0.15, 0.2) is 5.65 Å². The standard InChI is InChI=1S/C19H27N7O2/c1-23-14-21-16-15(23)12-20-18(22-16)26-5-3-19(13-26)2-4-25(17(19)27)7-6-24-8-10-28-11-9-24/h12,14H,2-11,13H2,1H3. The average Bonchev–Trinajstić information content (AvgIpc) is 3.41. The SMILES string of the molecule is Cn1cnc2nc(N3CCC4(CCN(CCN5CCOCC5)C4=O)C3)ncc21. The lowest BCUT2D eigenvalue weighted by Gasteiger charge is -2.29. The van der Waals surface area contributed by atoms with Crippen LogP contribution >= 0.6 is 0 Å².